The molecule has 1 saturated heterocycles. The molecule has 0 aliphatic carbocycles. The van der Waals surface area contributed by atoms with Gasteiger partial charge in [0.25, 0.3) is 0 Å². The molecule has 0 spiro atoms. The second-order valence-electron chi connectivity index (χ2n) is 7.50. The second kappa shape index (κ2) is 9.02. The van der Waals surface area contributed by atoms with Crippen molar-refractivity contribution < 1.29 is 4.79 Å². The Labute approximate surface area is 162 Å². The molecule has 5 heteroatoms. The van der Waals surface area contributed by atoms with Gasteiger partial charge in [0.05, 0.1) is 0 Å². The number of hydrogen-bond acceptors (Lipinski definition) is 3. The van der Waals surface area contributed by atoms with Gasteiger partial charge in [-0.1, -0.05) is 54.6 Å². The lowest BCUT2D eigenvalue weighted by Gasteiger charge is -2.37. The van der Waals surface area contributed by atoms with Gasteiger partial charge in [0.1, 0.15) is 0 Å². The van der Waals surface area contributed by atoms with Crippen LogP contribution in [0.4, 0.5) is 4.79 Å². The van der Waals surface area contributed by atoms with Crippen molar-refractivity contribution in [3.63, 3.8) is 0 Å². The first-order valence-corrected chi connectivity index (χ1v) is 9.55. The van der Waals surface area contributed by atoms with Crippen LogP contribution >= 0.6 is 0 Å². The van der Waals surface area contributed by atoms with Gasteiger partial charge in [-0.2, -0.15) is 0 Å². The van der Waals surface area contributed by atoms with Crippen LogP contribution in [0.15, 0.2) is 54.6 Å². The number of nitrogens with zero attached hydrogens (tertiary/aromatic N) is 3. The van der Waals surface area contributed by atoms with E-state index < -0.39 is 0 Å². The van der Waals surface area contributed by atoms with Gasteiger partial charge in [0.2, 0.25) is 0 Å². The molecule has 0 saturated carbocycles. The third kappa shape index (κ3) is 5.31. The molecule has 5 nitrogen and oxygen atoms in total. The second-order valence-corrected chi connectivity index (χ2v) is 7.50. The first kappa shape index (κ1) is 19.4. The van der Waals surface area contributed by atoms with Crippen LogP contribution in [-0.4, -0.2) is 74.1 Å². The van der Waals surface area contributed by atoms with Gasteiger partial charge in [-0.05, 0) is 30.8 Å². The van der Waals surface area contributed by atoms with Crippen LogP contribution in [-0.2, 0) is 6.54 Å². The van der Waals surface area contributed by atoms with Crippen LogP contribution in [0.25, 0.3) is 11.1 Å². The highest BCUT2D eigenvalue weighted by atomic mass is 16.2. The molecule has 1 N–H and O–H groups in total. The molecule has 3 rings (SSSR count). The summed E-state index contributed by atoms with van der Waals surface area (Å²) in [6.45, 7) is 4.39. The van der Waals surface area contributed by atoms with Crippen molar-refractivity contribution in [1.82, 2.24) is 20.0 Å². The lowest BCUT2D eigenvalue weighted by atomic mass is 10.0. The number of amides is 2. The summed E-state index contributed by atoms with van der Waals surface area (Å²) < 4.78 is 0. The van der Waals surface area contributed by atoms with Crippen LogP contribution in [0, 0.1) is 0 Å². The van der Waals surface area contributed by atoms with E-state index in [-0.39, 0.29) is 6.03 Å². The summed E-state index contributed by atoms with van der Waals surface area (Å²) in [6, 6.07) is 19.1. The molecule has 27 heavy (non-hydrogen) atoms. The molecule has 0 aromatic heterocycles. The molecule has 2 aromatic carbocycles. The molecule has 2 amide bonds. The summed E-state index contributed by atoms with van der Waals surface area (Å²) >= 11 is 0. The van der Waals surface area contributed by atoms with Crippen molar-refractivity contribution in [3.8, 4) is 11.1 Å². The topological polar surface area (TPSA) is 38.8 Å². The minimum atomic E-state index is -0.0243. The molecule has 144 valence electrons. The highest BCUT2D eigenvalue weighted by Crippen LogP contribution is 2.19. The van der Waals surface area contributed by atoms with Crippen molar-refractivity contribution in [2.75, 3.05) is 47.3 Å². The minimum absolute atomic E-state index is 0.0243. The average Bonchev–Trinajstić information content (AvgIpc) is 2.69. The maximum Gasteiger partial charge on any atom is 0.317 e. The molecular formula is C22H30N4O. The quantitative estimate of drug-likeness (QED) is 0.884. The van der Waals surface area contributed by atoms with Gasteiger partial charge in [0.15, 0.2) is 0 Å². The highest BCUT2D eigenvalue weighted by Gasteiger charge is 2.22. The molecule has 2 aromatic rings. The summed E-state index contributed by atoms with van der Waals surface area (Å²) in [6.07, 6.45) is 0. The Morgan fingerprint density at radius 2 is 1.70 bits per heavy atom. The fourth-order valence-electron chi connectivity index (χ4n) is 3.44. The summed E-state index contributed by atoms with van der Waals surface area (Å²) in [5.74, 6) is 0. The maximum atomic E-state index is 12.4. The zero-order chi connectivity index (χ0) is 19.2. The lowest BCUT2D eigenvalue weighted by molar-refractivity contribution is 0.113. The Morgan fingerprint density at radius 1 is 1.04 bits per heavy atom. The van der Waals surface area contributed by atoms with E-state index in [1.54, 1.807) is 4.90 Å². The largest absolute Gasteiger partial charge is 0.336 e. The van der Waals surface area contributed by atoms with Gasteiger partial charge in [-0.15, -0.1) is 0 Å². The predicted octanol–water partition coefficient (Wildman–Crippen LogP) is 2.74. The number of nitrogens with one attached hydrogen (secondary N) is 1. The molecule has 1 aliphatic heterocycles. The van der Waals surface area contributed by atoms with Crippen molar-refractivity contribution in [1.29, 1.82) is 0 Å². The SMILES string of the molecule is CN1CCN(C)[C@H](CNC(=O)N(C)Cc2ccc(-c3ccccc3)cc2)C1. The maximum absolute atomic E-state index is 12.4. The summed E-state index contributed by atoms with van der Waals surface area (Å²) in [5, 5.41) is 3.08. The number of piperazine rings is 1. The van der Waals surface area contributed by atoms with Gasteiger partial charge >= 0.3 is 6.03 Å². The third-order valence-electron chi connectivity index (χ3n) is 5.30. The standard InChI is InChI=1S/C22H30N4O/c1-24-13-14-25(2)21(17-24)15-23-22(27)26(3)16-18-9-11-20(12-10-18)19-7-5-4-6-8-19/h4-12,21H,13-17H2,1-3H3,(H,23,27)/t21-/m1/s1. The zero-order valence-corrected chi connectivity index (χ0v) is 16.6. The van der Waals surface area contributed by atoms with E-state index in [4.69, 9.17) is 0 Å². The van der Waals surface area contributed by atoms with Crippen LogP contribution in [0.1, 0.15) is 5.56 Å². The number of rotatable bonds is 5. The smallest absolute Gasteiger partial charge is 0.317 e. The molecule has 1 aliphatic rings. The Kier molecular flexibility index (Phi) is 6.48. The van der Waals surface area contributed by atoms with Gasteiger partial charge in [-0.25, -0.2) is 4.79 Å². The first-order valence-electron chi connectivity index (χ1n) is 9.55. The van der Waals surface area contributed by atoms with E-state index in [1.165, 1.54) is 11.1 Å². The summed E-state index contributed by atoms with van der Waals surface area (Å²) in [4.78, 5) is 18.8. The molecule has 0 unspecified atom stereocenters. The Morgan fingerprint density at radius 3 is 2.41 bits per heavy atom. The zero-order valence-electron chi connectivity index (χ0n) is 16.6. The molecule has 1 fully saturated rings. The van der Waals surface area contributed by atoms with E-state index in [9.17, 15) is 4.79 Å². The first-order chi connectivity index (χ1) is 13.0. The Balaban J connectivity index is 1.50. The lowest BCUT2D eigenvalue weighted by Crippen LogP contribution is -2.55. The number of urea groups is 1. The van der Waals surface area contributed by atoms with Crippen molar-refractivity contribution in [3.05, 3.63) is 60.2 Å². The monoisotopic (exact) mass is 366 g/mol. The van der Waals surface area contributed by atoms with Gasteiger partial charge < -0.3 is 15.1 Å². The van der Waals surface area contributed by atoms with Crippen molar-refractivity contribution in [2.24, 2.45) is 0 Å². The predicted molar refractivity (Wildman–Crippen MR) is 111 cm³/mol. The van der Waals surface area contributed by atoms with E-state index >= 15 is 0 Å². The summed E-state index contributed by atoms with van der Waals surface area (Å²) in [7, 11) is 6.10. The normalized spacial score (nSPS) is 18.3. The van der Waals surface area contributed by atoms with Crippen molar-refractivity contribution >= 4 is 6.03 Å². The number of carbonyl (C=O) groups excluding carboxylic acids is 1. The highest BCUT2D eigenvalue weighted by molar-refractivity contribution is 5.74. The molecule has 0 bridgehead atoms. The Bertz CT molecular complexity index is 732. The van der Waals surface area contributed by atoms with Crippen LogP contribution < -0.4 is 5.32 Å². The molecule has 1 atom stereocenters. The molecular weight excluding hydrogens is 336 g/mol. The van der Waals surface area contributed by atoms with E-state index in [0.717, 1.165) is 25.2 Å². The summed E-state index contributed by atoms with van der Waals surface area (Å²) in [5.41, 5.74) is 3.52. The molecule has 1 heterocycles. The van der Waals surface area contributed by atoms with E-state index in [2.05, 4.69) is 65.6 Å². The third-order valence-corrected chi connectivity index (χ3v) is 5.30. The average molecular weight is 367 g/mol. The van der Waals surface area contributed by atoms with E-state index in [0.29, 0.717) is 19.1 Å². The van der Waals surface area contributed by atoms with Gasteiger partial charge in [0, 0.05) is 45.8 Å². The number of hydrogen-bond donors (Lipinski definition) is 1. The van der Waals surface area contributed by atoms with Gasteiger partial charge in [-0.3, -0.25) is 4.90 Å². The minimum Gasteiger partial charge on any atom is -0.336 e. The van der Waals surface area contributed by atoms with Crippen molar-refractivity contribution in [2.45, 2.75) is 12.6 Å². The molecule has 0 radical (unpaired) electrons. The van der Waals surface area contributed by atoms with Crippen LogP contribution in [0.3, 0.4) is 0 Å². The van der Waals surface area contributed by atoms with E-state index in [1.807, 2.05) is 25.2 Å². The number of likely N-dealkylation sites (N-methyl/N-ethyl adjacent to an activating group) is 2. The Hall–Kier alpha value is -2.37. The number of benzene rings is 2. The van der Waals surface area contributed by atoms with Crippen LogP contribution in [0.2, 0.25) is 0 Å². The van der Waals surface area contributed by atoms with Crippen LogP contribution in [0.5, 0.6) is 0 Å². The fourth-order valence-corrected chi connectivity index (χ4v) is 3.44. The fraction of sp³-hybridized carbons (Fsp3) is 0.409. The number of carbonyl (C=O) groups is 1.